The molecular weight excluding hydrogens is 353 g/mol. The number of hydrogen-bond acceptors (Lipinski definition) is 3. The first-order chi connectivity index (χ1) is 8.97. The first-order valence-corrected chi connectivity index (χ1v) is 6.77. The van der Waals surface area contributed by atoms with Gasteiger partial charge in [-0.1, -0.05) is 23.2 Å². The van der Waals surface area contributed by atoms with Gasteiger partial charge in [-0.2, -0.15) is 0 Å². The Hall–Kier alpha value is -1.17. The molecular formula is C12H8BrCl2N3O. The molecule has 98 valence electrons. The molecule has 0 aliphatic carbocycles. The van der Waals surface area contributed by atoms with E-state index in [-0.39, 0.29) is 16.1 Å². The summed E-state index contributed by atoms with van der Waals surface area (Å²) in [6.45, 7) is 1.88. The quantitative estimate of drug-likeness (QED) is 0.820. The lowest BCUT2D eigenvalue weighted by molar-refractivity contribution is 0.102. The molecule has 1 N–H and O–H groups in total. The normalized spacial score (nSPS) is 10.3. The average Bonchev–Trinajstić information content (AvgIpc) is 2.37. The fourth-order valence-electron chi connectivity index (χ4n) is 1.38. The van der Waals surface area contributed by atoms with Crippen LogP contribution in [0, 0.1) is 6.92 Å². The Balaban J connectivity index is 2.20. The highest BCUT2D eigenvalue weighted by Crippen LogP contribution is 2.21. The van der Waals surface area contributed by atoms with E-state index in [0.29, 0.717) is 11.3 Å². The Morgan fingerprint density at radius 2 is 2.00 bits per heavy atom. The van der Waals surface area contributed by atoms with Gasteiger partial charge < -0.3 is 5.32 Å². The van der Waals surface area contributed by atoms with E-state index in [0.717, 1.165) is 10.2 Å². The maximum Gasteiger partial charge on any atom is 0.257 e. The van der Waals surface area contributed by atoms with Crippen molar-refractivity contribution in [2.24, 2.45) is 0 Å². The molecule has 0 radical (unpaired) electrons. The van der Waals surface area contributed by atoms with E-state index in [9.17, 15) is 4.79 Å². The van der Waals surface area contributed by atoms with Gasteiger partial charge in [-0.3, -0.25) is 4.79 Å². The van der Waals surface area contributed by atoms with Gasteiger partial charge in [0, 0.05) is 6.20 Å². The van der Waals surface area contributed by atoms with Crippen LogP contribution in [0.15, 0.2) is 29.1 Å². The highest BCUT2D eigenvalue weighted by atomic mass is 79.9. The van der Waals surface area contributed by atoms with Crippen molar-refractivity contribution in [1.82, 2.24) is 9.97 Å². The molecule has 0 aliphatic rings. The van der Waals surface area contributed by atoms with Gasteiger partial charge in [-0.05, 0) is 40.5 Å². The minimum Gasteiger partial charge on any atom is -0.321 e. The molecule has 0 unspecified atom stereocenters. The van der Waals surface area contributed by atoms with E-state index in [1.54, 1.807) is 12.3 Å². The van der Waals surface area contributed by atoms with Gasteiger partial charge in [0.05, 0.1) is 22.5 Å². The van der Waals surface area contributed by atoms with Gasteiger partial charge in [0.25, 0.3) is 5.91 Å². The summed E-state index contributed by atoms with van der Waals surface area (Å²) < 4.78 is 0.738. The zero-order chi connectivity index (χ0) is 14.0. The lowest BCUT2D eigenvalue weighted by Crippen LogP contribution is -2.12. The van der Waals surface area contributed by atoms with Gasteiger partial charge in [0.1, 0.15) is 9.76 Å². The summed E-state index contributed by atoms with van der Waals surface area (Å²) in [6.07, 6.45) is 2.92. The third kappa shape index (κ3) is 3.43. The number of carbonyl (C=O) groups excluding carboxylic acids is 1. The first kappa shape index (κ1) is 14.2. The van der Waals surface area contributed by atoms with Crippen LogP contribution in [0.3, 0.4) is 0 Å². The summed E-state index contributed by atoms with van der Waals surface area (Å²) >= 11 is 14.8. The Morgan fingerprint density at radius 3 is 2.63 bits per heavy atom. The van der Waals surface area contributed by atoms with E-state index in [1.807, 2.05) is 6.92 Å². The number of aromatic nitrogens is 2. The summed E-state index contributed by atoms with van der Waals surface area (Å²) in [4.78, 5) is 19.9. The Morgan fingerprint density at radius 1 is 1.26 bits per heavy atom. The Labute approximate surface area is 128 Å². The number of hydrogen-bond donors (Lipinski definition) is 1. The van der Waals surface area contributed by atoms with Gasteiger partial charge in [-0.15, -0.1) is 0 Å². The third-order valence-corrected chi connectivity index (χ3v) is 3.85. The van der Waals surface area contributed by atoms with Crippen LogP contribution in [0.2, 0.25) is 10.2 Å². The summed E-state index contributed by atoms with van der Waals surface area (Å²) in [7, 11) is 0. The third-order valence-electron chi connectivity index (χ3n) is 2.33. The molecule has 0 spiro atoms. The summed E-state index contributed by atoms with van der Waals surface area (Å²) in [5, 5.41) is 3.11. The number of carbonyl (C=O) groups is 1. The van der Waals surface area contributed by atoms with Crippen molar-refractivity contribution in [1.29, 1.82) is 0 Å². The van der Waals surface area contributed by atoms with Crippen LogP contribution in [0.4, 0.5) is 5.69 Å². The van der Waals surface area contributed by atoms with Crippen molar-refractivity contribution in [3.63, 3.8) is 0 Å². The number of nitrogens with zero attached hydrogens (tertiary/aromatic N) is 2. The second kappa shape index (κ2) is 5.86. The highest BCUT2D eigenvalue weighted by molar-refractivity contribution is 9.10. The molecule has 2 heterocycles. The van der Waals surface area contributed by atoms with Crippen molar-refractivity contribution < 1.29 is 4.79 Å². The molecule has 7 heteroatoms. The monoisotopic (exact) mass is 359 g/mol. The van der Waals surface area contributed by atoms with Crippen LogP contribution >= 0.6 is 39.1 Å². The van der Waals surface area contributed by atoms with E-state index in [4.69, 9.17) is 23.2 Å². The Bertz CT molecular complexity index is 649. The summed E-state index contributed by atoms with van der Waals surface area (Å²) in [5.74, 6) is -0.324. The minimum atomic E-state index is -0.324. The highest BCUT2D eigenvalue weighted by Gasteiger charge is 2.10. The number of aryl methyl sites for hydroxylation is 1. The van der Waals surface area contributed by atoms with E-state index < -0.39 is 0 Å². The molecule has 1 amide bonds. The standard InChI is InChI=1S/C12H8BrCl2N3O/c1-6-2-8(5-16-10(6)13)18-12(19)7-3-9(14)11(15)17-4-7/h2-5H,1H3,(H,18,19). The molecule has 0 bridgehead atoms. The lowest BCUT2D eigenvalue weighted by Gasteiger charge is -2.07. The molecule has 4 nitrogen and oxygen atoms in total. The number of nitrogens with one attached hydrogen (secondary N) is 1. The van der Waals surface area contributed by atoms with Gasteiger partial charge in [-0.25, -0.2) is 9.97 Å². The first-order valence-electron chi connectivity index (χ1n) is 5.22. The number of halogens is 3. The van der Waals surface area contributed by atoms with Gasteiger partial charge in [0.2, 0.25) is 0 Å². The molecule has 0 aliphatic heterocycles. The molecule has 2 aromatic heterocycles. The van der Waals surface area contributed by atoms with E-state index in [2.05, 4.69) is 31.2 Å². The molecule has 2 aromatic rings. The molecule has 0 aromatic carbocycles. The summed E-state index contributed by atoms with van der Waals surface area (Å²) in [5.41, 5.74) is 1.84. The molecule has 0 saturated carbocycles. The largest absolute Gasteiger partial charge is 0.321 e. The number of amides is 1. The second-order valence-corrected chi connectivity index (χ2v) is 5.30. The minimum absolute atomic E-state index is 0.166. The zero-order valence-corrected chi connectivity index (χ0v) is 12.8. The van der Waals surface area contributed by atoms with Crippen LogP contribution < -0.4 is 5.32 Å². The maximum absolute atomic E-state index is 12.0. The molecule has 0 atom stereocenters. The maximum atomic E-state index is 12.0. The fourth-order valence-corrected chi connectivity index (χ4v) is 1.86. The zero-order valence-electron chi connectivity index (χ0n) is 9.75. The average molecular weight is 361 g/mol. The van der Waals surface area contributed by atoms with Crippen LogP contribution in [-0.2, 0) is 0 Å². The van der Waals surface area contributed by atoms with Crippen molar-refractivity contribution in [3.8, 4) is 0 Å². The number of pyridine rings is 2. The number of rotatable bonds is 2. The second-order valence-electron chi connectivity index (χ2n) is 3.78. The predicted octanol–water partition coefficient (Wildman–Crippen LogP) is 4.11. The smallest absolute Gasteiger partial charge is 0.257 e. The fraction of sp³-hybridized carbons (Fsp3) is 0.0833. The predicted molar refractivity (Wildman–Crippen MR) is 78.9 cm³/mol. The van der Waals surface area contributed by atoms with Crippen LogP contribution in [-0.4, -0.2) is 15.9 Å². The van der Waals surface area contributed by atoms with Crippen LogP contribution in [0.5, 0.6) is 0 Å². The van der Waals surface area contributed by atoms with Crippen molar-refractivity contribution in [2.75, 3.05) is 5.32 Å². The SMILES string of the molecule is Cc1cc(NC(=O)c2cnc(Cl)c(Cl)c2)cnc1Br. The van der Waals surface area contributed by atoms with E-state index in [1.165, 1.54) is 12.3 Å². The molecule has 2 rings (SSSR count). The van der Waals surface area contributed by atoms with Crippen molar-refractivity contribution in [3.05, 3.63) is 50.4 Å². The van der Waals surface area contributed by atoms with Crippen molar-refractivity contribution >= 4 is 50.7 Å². The summed E-state index contributed by atoms with van der Waals surface area (Å²) in [6, 6.07) is 3.27. The van der Waals surface area contributed by atoms with Crippen molar-refractivity contribution in [2.45, 2.75) is 6.92 Å². The van der Waals surface area contributed by atoms with E-state index >= 15 is 0 Å². The van der Waals surface area contributed by atoms with Gasteiger partial charge in [0.15, 0.2) is 0 Å². The lowest BCUT2D eigenvalue weighted by atomic mass is 10.2. The van der Waals surface area contributed by atoms with Crippen LogP contribution in [0.25, 0.3) is 0 Å². The molecule has 0 saturated heterocycles. The number of anilines is 1. The van der Waals surface area contributed by atoms with Crippen LogP contribution in [0.1, 0.15) is 15.9 Å². The topological polar surface area (TPSA) is 54.9 Å². The Kier molecular flexibility index (Phi) is 4.39. The molecule has 19 heavy (non-hydrogen) atoms. The van der Waals surface area contributed by atoms with Gasteiger partial charge >= 0.3 is 0 Å². The molecule has 0 fully saturated rings.